The first-order valence-electron chi connectivity index (χ1n) is 8.48. The summed E-state index contributed by atoms with van der Waals surface area (Å²) in [4.78, 5) is 17.7. The van der Waals surface area contributed by atoms with Crippen molar-refractivity contribution in [3.63, 3.8) is 0 Å². The van der Waals surface area contributed by atoms with Crippen molar-refractivity contribution < 1.29 is 4.74 Å². The van der Waals surface area contributed by atoms with Gasteiger partial charge in [-0.1, -0.05) is 49.4 Å². The maximum Gasteiger partial charge on any atom is 0.262 e. The Labute approximate surface area is 151 Å². The van der Waals surface area contributed by atoms with Gasteiger partial charge in [0.25, 0.3) is 5.56 Å². The molecule has 0 aliphatic carbocycles. The van der Waals surface area contributed by atoms with Crippen LogP contribution in [0.1, 0.15) is 25.3 Å². The normalized spacial score (nSPS) is 11.0. The molecule has 4 nitrogen and oxygen atoms in total. The van der Waals surface area contributed by atoms with Crippen molar-refractivity contribution >= 4 is 22.7 Å². The number of aromatic nitrogens is 2. The molecule has 0 aliphatic rings. The maximum atomic E-state index is 13.0. The van der Waals surface area contributed by atoms with Gasteiger partial charge in [0.15, 0.2) is 5.16 Å². The number of benzene rings is 2. The molecule has 130 valence electrons. The number of nitrogens with zero attached hydrogens (tertiary/aromatic N) is 2. The number of para-hydroxylation sites is 1. The minimum absolute atomic E-state index is 0.0143. The van der Waals surface area contributed by atoms with E-state index >= 15 is 0 Å². The lowest BCUT2D eigenvalue weighted by atomic mass is 10.2. The van der Waals surface area contributed by atoms with Crippen LogP contribution in [0.25, 0.3) is 10.9 Å². The first-order chi connectivity index (χ1) is 12.2. The lowest BCUT2D eigenvalue weighted by Gasteiger charge is -2.13. The van der Waals surface area contributed by atoms with Crippen LogP contribution in [0.4, 0.5) is 0 Å². The summed E-state index contributed by atoms with van der Waals surface area (Å²) in [7, 11) is 1.65. The lowest BCUT2D eigenvalue weighted by molar-refractivity contribution is 0.414. The maximum absolute atomic E-state index is 13.0. The SMILES string of the molecule is CCCCSc1nc2ccccc2c(=O)n1Cc1ccc(OC)cc1. The van der Waals surface area contributed by atoms with Crippen molar-refractivity contribution in [3.05, 3.63) is 64.4 Å². The molecule has 0 spiro atoms. The molecule has 0 atom stereocenters. The van der Waals surface area contributed by atoms with Gasteiger partial charge in [-0.15, -0.1) is 0 Å². The van der Waals surface area contributed by atoms with Crippen molar-refractivity contribution in [3.8, 4) is 5.75 Å². The molecule has 0 bridgehead atoms. The molecule has 0 amide bonds. The predicted molar refractivity (Wildman–Crippen MR) is 104 cm³/mol. The van der Waals surface area contributed by atoms with Crippen molar-refractivity contribution in [2.45, 2.75) is 31.5 Å². The van der Waals surface area contributed by atoms with E-state index in [2.05, 4.69) is 6.92 Å². The molecular weight excluding hydrogens is 332 g/mol. The largest absolute Gasteiger partial charge is 0.497 e. The number of thioether (sulfide) groups is 1. The Hall–Kier alpha value is -2.27. The summed E-state index contributed by atoms with van der Waals surface area (Å²) < 4.78 is 6.99. The Kier molecular flexibility index (Phi) is 5.76. The molecule has 0 radical (unpaired) electrons. The van der Waals surface area contributed by atoms with Gasteiger partial charge in [-0.3, -0.25) is 9.36 Å². The zero-order valence-electron chi connectivity index (χ0n) is 14.6. The van der Waals surface area contributed by atoms with Gasteiger partial charge in [-0.05, 0) is 36.2 Å². The van der Waals surface area contributed by atoms with Gasteiger partial charge < -0.3 is 4.74 Å². The highest BCUT2D eigenvalue weighted by Crippen LogP contribution is 2.20. The summed E-state index contributed by atoms with van der Waals surface area (Å²) in [6.07, 6.45) is 2.24. The van der Waals surface area contributed by atoms with Crippen LogP contribution in [0.2, 0.25) is 0 Å². The monoisotopic (exact) mass is 354 g/mol. The third-order valence-electron chi connectivity index (χ3n) is 4.06. The van der Waals surface area contributed by atoms with Crippen molar-refractivity contribution in [2.24, 2.45) is 0 Å². The van der Waals surface area contributed by atoms with E-state index in [1.54, 1.807) is 23.4 Å². The summed E-state index contributed by atoms with van der Waals surface area (Å²) in [5, 5.41) is 1.45. The van der Waals surface area contributed by atoms with Gasteiger partial charge in [-0.25, -0.2) is 4.98 Å². The Morgan fingerprint density at radius 3 is 2.60 bits per heavy atom. The second kappa shape index (κ2) is 8.21. The molecule has 3 rings (SSSR count). The van der Waals surface area contributed by atoms with Gasteiger partial charge in [0, 0.05) is 5.75 Å². The minimum atomic E-state index is 0.0143. The number of rotatable bonds is 7. The van der Waals surface area contributed by atoms with E-state index in [1.807, 2.05) is 48.5 Å². The van der Waals surface area contributed by atoms with Crippen LogP contribution >= 0.6 is 11.8 Å². The van der Waals surface area contributed by atoms with E-state index < -0.39 is 0 Å². The topological polar surface area (TPSA) is 44.1 Å². The molecule has 25 heavy (non-hydrogen) atoms. The van der Waals surface area contributed by atoms with E-state index in [1.165, 1.54) is 0 Å². The number of fused-ring (bicyclic) bond motifs is 1. The van der Waals surface area contributed by atoms with Crippen molar-refractivity contribution in [2.75, 3.05) is 12.9 Å². The molecule has 3 aromatic rings. The zero-order chi connectivity index (χ0) is 17.6. The summed E-state index contributed by atoms with van der Waals surface area (Å²) in [5.41, 5.74) is 1.83. The van der Waals surface area contributed by atoms with E-state index in [0.717, 1.165) is 40.6 Å². The number of methoxy groups -OCH3 is 1. The van der Waals surface area contributed by atoms with Crippen LogP contribution in [0.5, 0.6) is 5.75 Å². The molecule has 1 aromatic heterocycles. The van der Waals surface area contributed by atoms with Crippen LogP contribution in [0, 0.1) is 0 Å². The van der Waals surface area contributed by atoms with Gasteiger partial charge in [0.2, 0.25) is 0 Å². The van der Waals surface area contributed by atoms with Crippen molar-refractivity contribution in [1.82, 2.24) is 9.55 Å². The molecule has 0 aliphatic heterocycles. The quantitative estimate of drug-likeness (QED) is 0.359. The summed E-state index contributed by atoms with van der Waals surface area (Å²) in [6.45, 7) is 2.67. The number of hydrogen-bond acceptors (Lipinski definition) is 4. The fourth-order valence-electron chi connectivity index (χ4n) is 2.62. The Morgan fingerprint density at radius 1 is 1.12 bits per heavy atom. The smallest absolute Gasteiger partial charge is 0.262 e. The van der Waals surface area contributed by atoms with E-state index in [4.69, 9.17) is 9.72 Å². The summed E-state index contributed by atoms with van der Waals surface area (Å²) >= 11 is 1.65. The second-order valence-corrected chi connectivity index (χ2v) is 6.91. The first kappa shape index (κ1) is 17.5. The molecule has 0 saturated heterocycles. The summed E-state index contributed by atoms with van der Waals surface area (Å²) in [5.74, 6) is 1.77. The first-order valence-corrected chi connectivity index (χ1v) is 9.46. The standard InChI is InChI=1S/C20H22N2O2S/c1-3-4-13-25-20-21-18-8-6-5-7-17(18)19(23)22(20)14-15-9-11-16(24-2)12-10-15/h5-12H,3-4,13-14H2,1-2H3. The summed E-state index contributed by atoms with van der Waals surface area (Å²) in [6, 6.07) is 15.4. The molecule has 0 unspecified atom stereocenters. The van der Waals surface area contributed by atoms with Crippen LogP contribution < -0.4 is 10.3 Å². The average Bonchev–Trinajstić information content (AvgIpc) is 2.65. The van der Waals surface area contributed by atoms with Gasteiger partial charge in [0.05, 0.1) is 24.6 Å². The predicted octanol–water partition coefficient (Wildman–Crippen LogP) is 4.35. The highest BCUT2D eigenvalue weighted by molar-refractivity contribution is 7.99. The van der Waals surface area contributed by atoms with E-state index in [-0.39, 0.29) is 5.56 Å². The van der Waals surface area contributed by atoms with Crippen LogP contribution in [-0.4, -0.2) is 22.4 Å². The zero-order valence-corrected chi connectivity index (χ0v) is 15.4. The van der Waals surface area contributed by atoms with Gasteiger partial charge >= 0.3 is 0 Å². The molecule has 5 heteroatoms. The lowest BCUT2D eigenvalue weighted by Crippen LogP contribution is -2.24. The van der Waals surface area contributed by atoms with Crippen LogP contribution in [-0.2, 0) is 6.54 Å². The number of unbranched alkanes of at least 4 members (excludes halogenated alkanes) is 1. The van der Waals surface area contributed by atoms with Crippen molar-refractivity contribution in [1.29, 1.82) is 0 Å². The van der Waals surface area contributed by atoms with Crippen LogP contribution in [0.15, 0.2) is 58.5 Å². The Bertz CT molecular complexity index is 904. The number of hydrogen-bond donors (Lipinski definition) is 0. The third-order valence-corrected chi connectivity index (χ3v) is 5.12. The molecule has 0 N–H and O–H groups in total. The van der Waals surface area contributed by atoms with Crippen LogP contribution in [0.3, 0.4) is 0 Å². The fourth-order valence-corrected chi connectivity index (χ4v) is 3.70. The van der Waals surface area contributed by atoms with E-state index in [9.17, 15) is 4.79 Å². The molecular formula is C20H22N2O2S. The highest BCUT2D eigenvalue weighted by Gasteiger charge is 2.12. The fraction of sp³-hybridized carbons (Fsp3) is 0.300. The molecule has 1 heterocycles. The molecule has 0 saturated carbocycles. The third kappa shape index (κ3) is 4.04. The average molecular weight is 354 g/mol. The second-order valence-electron chi connectivity index (χ2n) is 5.85. The van der Waals surface area contributed by atoms with Gasteiger partial charge in [0.1, 0.15) is 5.75 Å². The minimum Gasteiger partial charge on any atom is -0.497 e. The highest BCUT2D eigenvalue weighted by atomic mass is 32.2. The Balaban J connectivity index is 2.01. The van der Waals surface area contributed by atoms with Gasteiger partial charge in [-0.2, -0.15) is 0 Å². The number of ether oxygens (including phenoxy) is 1. The van der Waals surface area contributed by atoms with E-state index in [0.29, 0.717) is 11.9 Å². The molecule has 2 aromatic carbocycles. The molecule has 0 fully saturated rings. The Morgan fingerprint density at radius 2 is 1.88 bits per heavy atom.